The normalized spacial score (nSPS) is 26.5. The Morgan fingerprint density at radius 2 is 1.88 bits per heavy atom. The molecular weight excluding hydrogens is 267 g/mol. The third-order valence-corrected chi connectivity index (χ3v) is 4.18. The van der Waals surface area contributed by atoms with Crippen LogP contribution in [-0.2, 0) is 10.0 Å². The average Bonchev–Trinajstić information content (AvgIpc) is 1.97. The molecule has 0 unspecified atom stereocenters. The van der Waals surface area contributed by atoms with Crippen molar-refractivity contribution in [2.45, 2.75) is 43.3 Å². The van der Waals surface area contributed by atoms with Crippen LogP contribution in [0.15, 0.2) is 0 Å². The quantitative estimate of drug-likeness (QED) is 0.783. The van der Waals surface area contributed by atoms with E-state index in [0.29, 0.717) is 12.8 Å². The number of alkyl halides is 4. The summed E-state index contributed by atoms with van der Waals surface area (Å²) >= 11 is 5.65. The molecule has 0 atom stereocenters. The zero-order valence-electron chi connectivity index (χ0n) is 8.43. The first-order valence-electron chi connectivity index (χ1n) is 4.89. The summed E-state index contributed by atoms with van der Waals surface area (Å²) in [6, 6.07) is -0.210. The molecule has 1 saturated carbocycles. The van der Waals surface area contributed by atoms with Gasteiger partial charge in [-0.05, 0) is 19.3 Å². The lowest BCUT2D eigenvalue weighted by Gasteiger charge is -2.31. The van der Waals surface area contributed by atoms with E-state index in [-0.39, 0.29) is 11.4 Å². The van der Waals surface area contributed by atoms with Crippen LogP contribution >= 0.6 is 11.6 Å². The van der Waals surface area contributed by atoms with Gasteiger partial charge in [0.25, 0.3) is 0 Å². The molecule has 0 heterocycles. The second-order valence-electron chi connectivity index (χ2n) is 3.92. The number of nitrogens with one attached hydrogen (secondary N) is 1. The fourth-order valence-electron chi connectivity index (χ4n) is 1.42. The van der Waals surface area contributed by atoms with E-state index < -0.39 is 34.8 Å². The van der Waals surface area contributed by atoms with Crippen molar-refractivity contribution in [3.8, 4) is 0 Å². The zero-order chi connectivity index (χ0) is 12.4. The molecule has 0 amide bonds. The van der Waals surface area contributed by atoms with Crippen molar-refractivity contribution < 1.29 is 21.6 Å². The number of rotatable bonds is 5. The van der Waals surface area contributed by atoms with Crippen LogP contribution in [-0.4, -0.2) is 31.8 Å². The molecule has 0 aromatic rings. The maximum absolute atomic E-state index is 11.8. The Labute approximate surface area is 97.4 Å². The number of hydrogen-bond acceptors (Lipinski definition) is 2. The summed E-state index contributed by atoms with van der Waals surface area (Å²) in [6.45, 7) is 0. The highest BCUT2D eigenvalue weighted by atomic mass is 35.5. The maximum atomic E-state index is 11.8. The lowest BCUT2D eigenvalue weighted by Crippen LogP contribution is -2.45. The molecule has 0 aromatic heterocycles. The Morgan fingerprint density at radius 3 is 2.31 bits per heavy atom. The summed E-state index contributed by atoms with van der Waals surface area (Å²) in [6.07, 6.45) is -4.69. The van der Waals surface area contributed by atoms with Gasteiger partial charge in [0.15, 0.2) is 0 Å². The van der Waals surface area contributed by atoms with Crippen molar-refractivity contribution in [1.82, 2.24) is 4.72 Å². The molecule has 96 valence electrons. The van der Waals surface area contributed by atoms with Crippen molar-refractivity contribution in [3.05, 3.63) is 0 Å². The summed E-state index contributed by atoms with van der Waals surface area (Å²) < 4.78 is 60.3. The van der Waals surface area contributed by atoms with Gasteiger partial charge in [-0.3, -0.25) is 0 Å². The smallest absolute Gasteiger partial charge is 0.212 e. The summed E-state index contributed by atoms with van der Waals surface area (Å²) in [5.74, 6) is -0.490. The van der Waals surface area contributed by atoms with Crippen molar-refractivity contribution in [1.29, 1.82) is 0 Å². The van der Waals surface area contributed by atoms with Gasteiger partial charge >= 0.3 is 6.18 Å². The predicted octanol–water partition coefficient (Wildman–Crippen LogP) is 2.02. The van der Waals surface area contributed by atoms with Gasteiger partial charge in [-0.1, -0.05) is 0 Å². The van der Waals surface area contributed by atoms with Crippen molar-refractivity contribution in [3.63, 3.8) is 0 Å². The monoisotopic (exact) mass is 279 g/mol. The lowest BCUT2D eigenvalue weighted by atomic mass is 9.94. The van der Waals surface area contributed by atoms with Gasteiger partial charge in [0.05, 0.1) is 5.75 Å². The van der Waals surface area contributed by atoms with Crippen molar-refractivity contribution >= 4 is 21.6 Å². The summed E-state index contributed by atoms with van der Waals surface area (Å²) in [5, 5.41) is -0.0251. The fraction of sp³-hybridized carbons (Fsp3) is 1.00. The molecule has 1 fully saturated rings. The largest absolute Gasteiger partial charge is 0.389 e. The Hall–Kier alpha value is -0.0100. The van der Waals surface area contributed by atoms with E-state index in [4.69, 9.17) is 11.6 Å². The first kappa shape index (κ1) is 14.1. The predicted molar refractivity (Wildman–Crippen MR) is 54.9 cm³/mol. The van der Waals surface area contributed by atoms with Crippen molar-refractivity contribution in [2.24, 2.45) is 0 Å². The molecule has 0 aromatic carbocycles. The highest BCUT2D eigenvalue weighted by Gasteiger charge is 2.31. The highest BCUT2D eigenvalue weighted by Crippen LogP contribution is 2.26. The first-order chi connectivity index (χ1) is 7.18. The maximum Gasteiger partial charge on any atom is 0.389 e. The van der Waals surface area contributed by atoms with E-state index >= 15 is 0 Å². The van der Waals surface area contributed by atoms with Gasteiger partial charge < -0.3 is 0 Å². The molecule has 1 N–H and O–H groups in total. The van der Waals surface area contributed by atoms with E-state index in [2.05, 4.69) is 4.72 Å². The molecule has 0 spiro atoms. The molecule has 16 heavy (non-hydrogen) atoms. The molecular formula is C8H13ClF3NO2S. The minimum atomic E-state index is -4.30. The molecule has 1 aliphatic rings. The molecule has 3 nitrogen and oxygen atoms in total. The van der Waals surface area contributed by atoms with E-state index in [1.165, 1.54) is 0 Å². The highest BCUT2D eigenvalue weighted by molar-refractivity contribution is 7.89. The standard InChI is InChI=1S/C8H13ClF3NO2S/c9-6-4-7(5-6)13-16(14,15)3-1-2-8(10,11)12/h6-7,13H,1-5H2. The number of hydrogen-bond donors (Lipinski definition) is 1. The summed E-state index contributed by atoms with van der Waals surface area (Å²) in [7, 11) is -3.60. The second-order valence-corrected chi connectivity index (χ2v) is 6.41. The van der Waals surface area contributed by atoms with Crippen LogP contribution in [0.5, 0.6) is 0 Å². The topological polar surface area (TPSA) is 46.2 Å². The fourth-order valence-corrected chi connectivity index (χ4v) is 3.19. The SMILES string of the molecule is O=S(=O)(CCCC(F)(F)F)NC1CC(Cl)C1. The second kappa shape index (κ2) is 5.10. The zero-order valence-corrected chi connectivity index (χ0v) is 10.00. The van der Waals surface area contributed by atoms with E-state index in [1.54, 1.807) is 0 Å². The van der Waals surface area contributed by atoms with E-state index in [0.717, 1.165) is 0 Å². The van der Waals surface area contributed by atoms with Gasteiger partial charge in [-0.2, -0.15) is 13.2 Å². The molecule has 0 bridgehead atoms. The summed E-state index contributed by atoms with van der Waals surface area (Å²) in [5.41, 5.74) is 0. The Kier molecular flexibility index (Phi) is 4.48. The molecule has 0 radical (unpaired) electrons. The molecule has 0 saturated heterocycles. The number of sulfonamides is 1. The van der Waals surface area contributed by atoms with Crippen LogP contribution in [0.1, 0.15) is 25.7 Å². The minimum absolute atomic E-state index is 0.0251. The molecule has 8 heteroatoms. The van der Waals surface area contributed by atoms with Crippen LogP contribution in [0.2, 0.25) is 0 Å². The molecule has 1 aliphatic carbocycles. The van der Waals surface area contributed by atoms with Gasteiger partial charge in [-0.15, -0.1) is 11.6 Å². The van der Waals surface area contributed by atoms with Crippen LogP contribution in [0.3, 0.4) is 0 Å². The van der Waals surface area contributed by atoms with Crippen LogP contribution in [0.4, 0.5) is 13.2 Å². The van der Waals surface area contributed by atoms with Crippen molar-refractivity contribution in [2.75, 3.05) is 5.75 Å². The van der Waals surface area contributed by atoms with Crippen LogP contribution < -0.4 is 4.72 Å². The Bertz CT molecular complexity index is 325. The molecule has 1 rings (SSSR count). The van der Waals surface area contributed by atoms with Gasteiger partial charge in [0, 0.05) is 17.8 Å². The third kappa shape index (κ3) is 5.36. The average molecular weight is 280 g/mol. The minimum Gasteiger partial charge on any atom is -0.212 e. The van der Waals surface area contributed by atoms with Crippen LogP contribution in [0, 0.1) is 0 Å². The third-order valence-electron chi connectivity index (χ3n) is 2.30. The van der Waals surface area contributed by atoms with Gasteiger partial charge in [-0.25, -0.2) is 13.1 Å². The Morgan fingerprint density at radius 1 is 1.31 bits per heavy atom. The summed E-state index contributed by atoms with van der Waals surface area (Å²) in [4.78, 5) is 0. The molecule has 0 aliphatic heterocycles. The van der Waals surface area contributed by atoms with Crippen LogP contribution in [0.25, 0.3) is 0 Å². The van der Waals surface area contributed by atoms with E-state index in [1.807, 2.05) is 0 Å². The first-order valence-corrected chi connectivity index (χ1v) is 6.98. The number of halogens is 4. The van der Waals surface area contributed by atoms with Gasteiger partial charge in [0.1, 0.15) is 0 Å². The van der Waals surface area contributed by atoms with E-state index in [9.17, 15) is 21.6 Å². The van der Waals surface area contributed by atoms with Gasteiger partial charge in [0.2, 0.25) is 10.0 Å². The lowest BCUT2D eigenvalue weighted by molar-refractivity contribution is -0.134. The Balaban J connectivity index is 2.24.